The predicted octanol–water partition coefficient (Wildman–Crippen LogP) is 3.88. The fraction of sp³-hybridized carbons (Fsp3) is 0.227. The number of benzene rings is 2. The third-order valence-electron chi connectivity index (χ3n) is 4.62. The van der Waals surface area contributed by atoms with Crippen molar-refractivity contribution in [2.45, 2.75) is 32.2 Å². The summed E-state index contributed by atoms with van der Waals surface area (Å²) in [6.07, 6.45) is 1.67. The molecule has 4 rings (SSSR count). The van der Waals surface area contributed by atoms with E-state index in [9.17, 15) is 5.26 Å². The van der Waals surface area contributed by atoms with Crippen LogP contribution in [-0.2, 0) is 13.0 Å². The molecule has 0 N–H and O–H groups in total. The minimum atomic E-state index is -0.510. The first-order valence-corrected chi connectivity index (χ1v) is 9.38. The van der Waals surface area contributed by atoms with E-state index >= 15 is 0 Å². The number of nitrogens with zero attached hydrogens (tertiary/aromatic N) is 6. The maximum absolute atomic E-state index is 9.89. The first kappa shape index (κ1) is 17.8. The fourth-order valence-electron chi connectivity index (χ4n) is 3.26. The summed E-state index contributed by atoms with van der Waals surface area (Å²) in [7, 11) is 0. The molecule has 0 unspecified atom stereocenters. The largest absolute Gasteiger partial charge is 0.234 e. The zero-order valence-corrected chi connectivity index (χ0v) is 15.7. The minimum absolute atomic E-state index is 0.510. The Balaban J connectivity index is 1.85. The summed E-state index contributed by atoms with van der Waals surface area (Å²) >= 11 is 0. The van der Waals surface area contributed by atoms with Crippen molar-refractivity contribution in [3.63, 3.8) is 0 Å². The van der Waals surface area contributed by atoms with E-state index in [0.717, 1.165) is 29.8 Å². The lowest BCUT2D eigenvalue weighted by Crippen LogP contribution is -2.09. The van der Waals surface area contributed by atoms with Crippen LogP contribution < -0.4 is 0 Å². The Kier molecular flexibility index (Phi) is 5.07. The molecule has 28 heavy (non-hydrogen) atoms. The topological polar surface area (TPSA) is 80.3 Å². The molecule has 0 radical (unpaired) electrons. The van der Waals surface area contributed by atoms with Crippen LogP contribution >= 0.6 is 0 Å². The second-order valence-corrected chi connectivity index (χ2v) is 6.65. The summed E-state index contributed by atoms with van der Waals surface area (Å²) in [5.74, 6) is 0.210. The summed E-state index contributed by atoms with van der Waals surface area (Å²) in [6.45, 7) is 2.66. The Morgan fingerprint density at radius 1 is 1.00 bits per heavy atom. The molecule has 1 atom stereocenters. The van der Waals surface area contributed by atoms with Crippen molar-refractivity contribution in [3.8, 4) is 6.07 Å². The molecule has 0 spiro atoms. The highest BCUT2D eigenvalue weighted by molar-refractivity contribution is 5.74. The molecule has 4 aromatic rings. The van der Waals surface area contributed by atoms with Crippen molar-refractivity contribution >= 4 is 11.2 Å². The van der Waals surface area contributed by atoms with Gasteiger partial charge in [-0.3, -0.25) is 0 Å². The average Bonchev–Trinajstić information content (AvgIpc) is 3.13. The van der Waals surface area contributed by atoms with Gasteiger partial charge in [0, 0.05) is 6.42 Å². The molecule has 0 amide bonds. The van der Waals surface area contributed by atoms with Gasteiger partial charge in [-0.15, -0.1) is 5.10 Å². The Morgan fingerprint density at radius 3 is 2.39 bits per heavy atom. The second kappa shape index (κ2) is 7.97. The smallest absolute Gasteiger partial charge is 0.182 e. The Labute approximate surface area is 163 Å². The molecule has 0 aliphatic carbocycles. The summed E-state index contributed by atoms with van der Waals surface area (Å²) in [6, 6.07) is 22.1. The molecule has 0 fully saturated rings. The molecule has 2 aromatic carbocycles. The quantitative estimate of drug-likeness (QED) is 0.516. The summed E-state index contributed by atoms with van der Waals surface area (Å²) in [4.78, 5) is 9.42. The number of hydrogen-bond donors (Lipinski definition) is 0. The van der Waals surface area contributed by atoms with Gasteiger partial charge < -0.3 is 0 Å². The molecule has 138 valence electrons. The normalized spacial score (nSPS) is 12.0. The predicted molar refractivity (Wildman–Crippen MR) is 107 cm³/mol. The van der Waals surface area contributed by atoms with Gasteiger partial charge in [0.1, 0.15) is 11.7 Å². The van der Waals surface area contributed by atoms with E-state index in [4.69, 9.17) is 9.97 Å². The first-order valence-electron chi connectivity index (χ1n) is 9.38. The van der Waals surface area contributed by atoms with Gasteiger partial charge in [0.25, 0.3) is 0 Å². The van der Waals surface area contributed by atoms with Gasteiger partial charge in [0.2, 0.25) is 0 Å². The van der Waals surface area contributed by atoms with Gasteiger partial charge in [-0.05, 0) is 17.5 Å². The van der Waals surface area contributed by atoms with Crippen LogP contribution in [0.3, 0.4) is 0 Å². The van der Waals surface area contributed by atoms with Gasteiger partial charge >= 0.3 is 0 Å². The minimum Gasteiger partial charge on any atom is -0.234 e. The Hall–Kier alpha value is -3.59. The SMILES string of the molecule is CCCc1nc([C@@H](C#N)c2ccccc2)c2nnn(Cc3ccccc3)c2n1. The maximum atomic E-state index is 9.89. The molecule has 6 heteroatoms. The highest BCUT2D eigenvalue weighted by atomic mass is 15.4. The maximum Gasteiger partial charge on any atom is 0.182 e. The lowest BCUT2D eigenvalue weighted by molar-refractivity contribution is 0.662. The zero-order chi connectivity index (χ0) is 19.3. The number of nitriles is 1. The van der Waals surface area contributed by atoms with Crippen LogP contribution in [0.1, 0.15) is 41.9 Å². The van der Waals surface area contributed by atoms with E-state index in [2.05, 4.69) is 23.3 Å². The lowest BCUT2D eigenvalue weighted by atomic mass is 9.96. The van der Waals surface area contributed by atoms with Gasteiger partial charge in [-0.1, -0.05) is 72.8 Å². The molecule has 2 heterocycles. The third-order valence-corrected chi connectivity index (χ3v) is 4.62. The van der Waals surface area contributed by atoms with Crippen LogP contribution in [0, 0.1) is 11.3 Å². The zero-order valence-electron chi connectivity index (χ0n) is 15.7. The van der Waals surface area contributed by atoms with Gasteiger partial charge in [0.15, 0.2) is 11.2 Å². The molecule has 0 saturated heterocycles. The van der Waals surface area contributed by atoms with Crippen molar-refractivity contribution in [3.05, 3.63) is 83.3 Å². The van der Waals surface area contributed by atoms with Crippen molar-refractivity contribution in [1.29, 1.82) is 5.26 Å². The fourth-order valence-corrected chi connectivity index (χ4v) is 3.26. The van der Waals surface area contributed by atoms with E-state index < -0.39 is 5.92 Å². The number of rotatable bonds is 6. The van der Waals surface area contributed by atoms with Crippen LogP contribution in [0.4, 0.5) is 0 Å². The van der Waals surface area contributed by atoms with Crippen LogP contribution in [0.15, 0.2) is 60.7 Å². The molecule has 0 aliphatic heterocycles. The van der Waals surface area contributed by atoms with Crippen molar-refractivity contribution in [2.24, 2.45) is 0 Å². The van der Waals surface area contributed by atoms with Crippen LogP contribution in [-0.4, -0.2) is 25.0 Å². The molecular weight excluding hydrogens is 348 g/mol. The molecule has 2 aromatic heterocycles. The van der Waals surface area contributed by atoms with Crippen molar-refractivity contribution in [1.82, 2.24) is 25.0 Å². The molecular formula is C22H20N6. The number of aryl methyl sites for hydroxylation is 1. The van der Waals surface area contributed by atoms with Gasteiger partial charge in [-0.25, -0.2) is 14.6 Å². The Bertz CT molecular complexity index is 1110. The molecule has 0 bridgehead atoms. The van der Waals surface area contributed by atoms with Crippen molar-refractivity contribution in [2.75, 3.05) is 0 Å². The molecule has 0 saturated carbocycles. The number of aromatic nitrogens is 5. The average molecular weight is 368 g/mol. The van der Waals surface area contributed by atoms with E-state index in [-0.39, 0.29) is 0 Å². The monoisotopic (exact) mass is 368 g/mol. The van der Waals surface area contributed by atoms with Gasteiger partial charge in [-0.2, -0.15) is 5.26 Å². The molecule has 0 aliphatic rings. The van der Waals surface area contributed by atoms with E-state index in [1.807, 2.05) is 60.7 Å². The summed E-state index contributed by atoms with van der Waals surface area (Å²) in [5.41, 5.74) is 3.90. The highest BCUT2D eigenvalue weighted by Gasteiger charge is 2.23. The van der Waals surface area contributed by atoms with E-state index in [1.165, 1.54) is 0 Å². The van der Waals surface area contributed by atoms with Crippen molar-refractivity contribution < 1.29 is 0 Å². The lowest BCUT2D eigenvalue weighted by Gasteiger charge is -2.11. The number of hydrogen-bond acceptors (Lipinski definition) is 5. The first-order chi connectivity index (χ1) is 13.8. The van der Waals surface area contributed by atoms with Crippen LogP contribution in [0.25, 0.3) is 11.2 Å². The molecule has 6 nitrogen and oxygen atoms in total. The van der Waals surface area contributed by atoms with Crippen LogP contribution in [0.5, 0.6) is 0 Å². The van der Waals surface area contributed by atoms with E-state index in [0.29, 0.717) is 23.4 Å². The number of fused-ring (bicyclic) bond motifs is 1. The second-order valence-electron chi connectivity index (χ2n) is 6.65. The van der Waals surface area contributed by atoms with Gasteiger partial charge in [0.05, 0.1) is 18.3 Å². The Morgan fingerprint density at radius 2 is 1.71 bits per heavy atom. The van der Waals surface area contributed by atoms with E-state index in [1.54, 1.807) is 4.68 Å². The standard InChI is InChI=1S/C22H20N6/c1-2-9-19-24-20(18(14-23)17-12-7-4-8-13-17)21-22(25-19)28(27-26-21)15-16-10-5-3-6-11-16/h3-8,10-13,18H,2,9,15H2,1H3/t18-/m0/s1. The van der Waals surface area contributed by atoms with Crippen LogP contribution in [0.2, 0.25) is 0 Å². The summed E-state index contributed by atoms with van der Waals surface area (Å²) < 4.78 is 1.79. The summed E-state index contributed by atoms with van der Waals surface area (Å²) in [5, 5.41) is 18.6. The highest BCUT2D eigenvalue weighted by Crippen LogP contribution is 2.27. The third kappa shape index (κ3) is 3.47.